The lowest BCUT2D eigenvalue weighted by molar-refractivity contribution is 0.00865. The van der Waals surface area contributed by atoms with E-state index in [1.165, 1.54) is 12.1 Å². The maximum absolute atomic E-state index is 13.1. The summed E-state index contributed by atoms with van der Waals surface area (Å²) in [7, 11) is 0. The van der Waals surface area contributed by atoms with Crippen LogP contribution in [0.15, 0.2) is 48.5 Å². The Hall–Kier alpha value is -1.99. The van der Waals surface area contributed by atoms with Crippen molar-refractivity contribution in [2.75, 3.05) is 32.7 Å². The summed E-state index contributed by atoms with van der Waals surface area (Å²) in [5, 5.41) is 11.3. The van der Waals surface area contributed by atoms with Crippen LogP contribution in [0, 0.1) is 5.82 Å². The number of likely N-dealkylation sites (tertiary alicyclic amines) is 1. The van der Waals surface area contributed by atoms with Crippen LogP contribution in [0.25, 0.3) is 0 Å². The number of piperazine rings is 1. The van der Waals surface area contributed by atoms with Crippen LogP contribution >= 0.6 is 11.6 Å². The highest BCUT2D eigenvalue weighted by Crippen LogP contribution is 2.24. The molecule has 30 heavy (non-hydrogen) atoms. The van der Waals surface area contributed by atoms with Gasteiger partial charge in [-0.1, -0.05) is 23.7 Å². The van der Waals surface area contributed by atoms with E-state index in [2.05, 4.69) is 16.7 Å². The quantitative estimate of drug-likeness (QED) is 0.808. The molecule has 2 aromatic carbocycles. The fraction of sp³-hybridized carbons (Fsp3) is 0.435. The van der Waals surface area contributed by atoms with Crippen molar-refractivity contribution >= 4 is 17.5 Å². The first-order chi connectivity index (χ1) is 14.4. The molecule has 0 aromatic heterocycles. The molecule has 2 fully saturated rings. The second-order valence-electron chi connectivity index (χ2n) is 8.30. The minimum atomic E-state index is -0.563. The molecule has 0 bridgehead atoms. The molecule has 2 aliphatic rings. The van der Waals surface area contributed by atoms with E-state index in [-0.39, 0.29) is 23.8 Å². The highest BCUT2D eigenvalue weighted by Gasteiger charge is 2.41. The zero-order valence-electron chi connectivity index (χ0n) is 17.0. The van der Waals surface area contributed by atoms with Crippen molar-refractivity contribution < 1.29 is 14.3 Å². The number of hydrogen-bond donors (Lipinski definition) is 1. The van der Waals surface area contributed by atoms with Crippen LogP contribution in [-0.4, -0.2) is 76.6 Å². The van der Waals surface area contributed by atoms with Crippen LogP contribution in [0.1, 0.15) is 22.8 Å². The van der Waals surface area contributed by atoms with Crippen molar-refractivity contribution in [3.8, 4) is 0 Å². The van der Waals surface area contributed by atoms with Gasteiger partial charge >= 0.3 is 0 Å². The zero-order valence-corrected chi connectivity index (χ0v) is 17.8. The lowest BCUT2D eigenvalue weighted by atomic mass is 10.1. The highest BCUT2D eigenvalue weighted by atomic mass is 35.5. The molecule has 0 aliphatic carbocycles. The number of aliphatic hydroxyl groups is 1. The van der Waals surface area contributed by atoms with Crippen molar-refractivity contribution in [1.29, 1.82) is 0 Å². The van der Waals surface area contributed by atoms with E-state index in [0.29, 0.717) is 23.7 Å². The molecular weight excluding hydrogens is 405 g/mol. The average molecular weight is 432 g/mol. The summed E-state index contributed by atoms with van der Waals surface area (Å²) in [6.07, 6.45) is -0.563. The Morgan fingerprint density at radius 3 is 2.43 bits per heavy atom. The van der Waals surface area contributed by atoms with E-state index in [9.17, 15) is 14.3 Å². The molecule has 2 aliphatic heterocycles. The SMILES string of the molecule is C[C@@H]1CN(Cc2ccc(F)cc2)CCN1[C@H]1CN(C(=O)c2ccc(Cl)cc2)C[C@@H]1O. The molecule has 2 aromatic rings. The van der Waals surface area contributed by atoms with E-state index < -0.39 is 6.10 Å². The average Bonchev–Trinajstić information content (AvgIpc) is 3.11. The maximum atomic E-state index is 13.1. The lowest BCUT2D eigenvalue weighted by Gasteiger charge is -2.43. The molecule has 2 saturated heterocycles. The molecule has 2 heterocycles. The van der Waals surface area contributed by atoms with Gasteiger partial charge in [-0.2, -0.15) is 0 Å². The molecule has 1 amide bonds. The topological polar surface area (TPSA) is 47.0 Å². The molecule has 5 nitrogen and oxygen atoms in total. The first-order valence-electron chi connectivity index (χ1n) is 10.4. The molecule has 7 heteroatoms. The number of carbonyl (C=O) groups is 1. The van der Waals surface area contributed by atoms with Gasteiger partial charge < -0.3 is 10.0 Å². The number of aliphatic hydroxyl groups excluding tert-OH is 1. The second kappa shape index (κ2) is 9.02. The fourth-order valence-corrected chi connectivity index (χ4v) is 4.69. The van der Waals surface area contributed by atoms with E-state index in [4.69, 9.17) is 11.6 Å². The predicted molar refractivity (Wildman–Crippen MR) is 115 cm³/mol. The van der Waals surface area contributed by atoms with Crippen molar-refractivity contribution in [3.63, 3.8) is 0 Å². The smallest absolute Gasteiger partial charge is 0.253 e. The van der Waals surface area contributed by atoms with Crippen LogP contribution in [-0.2, 0) is 6.54 Å². The van der Waals surface area contributed by atoms with E-state index in [1.807, 2.05) is 12.1 Å². The van der Waals surface area contributed by atoms with Crippen LogP contribution in [0.2, 0.25) is 5.02 Å². The third-order valence-electron chi connectivity index (χ3n) is 6.15. The van der Waals surface area contributed by atoms with E-state index in [1.54, 1.807) is 29.2 Å². The van der Waals surface area contributed by atoms with Gasteiger partial charge in [-0.3, -0.25) is 14.6 Å². The van der Waals surface area contributed by atoms with Gasteiger partial charge in [0.05, 0.1) is 12.1 Å². The van der Waals surface area contributed by atoms with Gasteiger partial charge in [-0.15, -0.1) is 0 Å². The zero-order chi connectivity index (χ0) is 21.3. The van der Waals surface area contributed by atoms with Crippen LogP contribution in [0.3, 0.4) is 0 Å². The summed E-state index contributed by atoms with van der Waals surface area (Å²) in [4.78, 5) is 19.2. The van der Waals surface area contributed by atoms with Gasteiger partial charge in [0.2, 0.25) is 0 Å². The number of amides is 1. The Bertz CT molecular complexity index is 877. The van der Waals surface area contributed by atoms with Gasteiger partial charge in [0.1, 0.15) is 5.82 Å². The van der Waals surface area contributed by atoms with Gasteiger partial charge in [0.15, 0.2) is 0 Å². The van der Waals surface area contributed by atoms with Gasteiger partial charge in [-0.05, 0) is 48.9 Å². The summed E-state index contributed by atoms with van der Waals surface area (Å²) < 4.78 is 13.1. The number of β-amino-alcohol motifs (C(OH)–C–C–N with tert-alkyl or cyclic N) is 1. The molecule has 0 unspecified atom stereocenters. The Balaban J connectivity index is 1.35. The normalized spacial score (nSPS) is 25.6. The largest absolute Gasteiger partial charge is 0.390 e. The Morgan fingerprint density at radius 1 is 1.07 bits per heavy atom. The molecule has 3 atom stereocenters. The van der Waals surface area contributed by atoms with Gasteiger partial charge in [0.25, 0.3) is 5.91 Å². The number of hydrogen-bond acceptors (Lipinski definition) is 4. The number of carbonyl (C=O) groups excluding carboxylic acids is 1. The second-order valence-corrected chi connectivity index (χ2v) is 8.74. The number of halogens is 2. The van der Waals surface area contributed by atoms with Gasteiger partial charge in [-0.25, -0.2) is 4.39 Å². The third-order valence-corrected chi connectivity index (χ3v) is 6.40. The van der Waals surface area contributed by atoms with E-state index in [0.717, 1.165) is 31.7 Å². The Kier molecular flexibility index (Phi) is 6.39. The molecule has 0 spiro atoms. The summed E-state index contributed by atoms with van der Waals surface area (Å²) in [6.45, 7) is 6.37. The molecule has 0 radical (unpaired) electrons. The van der Waals surface area contributed by atoms with E-state index >= 15 is 0 Å². The minimum absolute atomic E-state index is 0.0655. The van der Waals surface area contributed by atoms with Crippen molar-refractivity contribution in [3.05, 3.63) is 70.5 Å². The Morgan fingerprint density at radius 2 is 1.77 bits per heavy atom. The monoisotopic (exact) mass is 431 g/mol. The number of rotatable bonds is 4. The van der Waals surface area contributed by atoms with Crippen molar-refractivity contribution in [2.24, 2.45) is 0 Å². The summed E-state index contributed by atoms with van der Waals surface area (Å²) in [5.74, 6) is -0.291. The van der Waals surface area contributed by atoms with Crippen molar-refractivity contribution in [2.45, 2.75) is 31.7 Å². The first-order valence-corrected chi connectivity index (χ1v) is 10.7. The molecule has 1 N–H and O–H groups in total. The third kappa shape index (κ3) is 4.67. The van der Waals surface area contributed by atoms with Crippen LogP contribution < -0.4 is 0 Å². The summed E-state index contributed by atoms with van der Waals surface area (Å²) >= 11 is 5.92. The molecular formula is C23H27ClFN3O2. The number of benzene rings is 2. The fourth-order valence-electron chi connectivity index (χ4n) is 4.57. The molecule has 0 saturated carbocycles. The Labute approximate surface area is 181 Å². The predicted octanol–water partition coefficient (Wildman–Crippen LogP) is 2.87. The van der Waals surface area contributed by atoms with Crippen molar-refractivity contribution in [1.82, 2.24) is 14.7 Å². The summed E-state index contributed by atoms with van der Waals surface area (Å²) in [6, 6.07) is 13.7. The standard InChI is InChI=1S/C23H27ClFN3O2/c1-16-12-26(13-17-2-8-20(25)9-3-17)10-11-28(16)21-14-27(15-22(21)29)23(30)18-4-6-19(24)7-5-18/h2-9,16,21-22,29H,10-15H2,1H3/t16-,21+,22+/m1/s1. The number of nitrogens with zero attached hydrogens (tertiary/aromatic N) is 3. The summed E-state index contributed by atoms with van der Waals surface area (Å²) in [5.41, 5.74) is 1.68. The van der Waals surface area contributed by atoms with Crippen LogP contribution in [0.5, 0.6) is 0 Å². The minimum Gasteiger partial charge on any atom is -0.390 e. The lowest BCUT2D eigenvalue weighted by Crippen LogP contribution is -2.58. The highest BCUT2D eigenvalue weighted by molar-refractivity contribution is 6.30. The van der Waals surface area contributed by atoms with Crippen LogP contribution in [0.4, 0.5) is 4.39 Å². The maximum Gasteiger partial charge on any atom is 0.253 e. The molecule has 160 valence electrons. The molecule has 4 rings (SSSR count). The van der Waals surface area contributed by atoms with Gasteiger partial charge in [0, 0.05) is 55.9 Å². The first kappa shape index (κ1) is 21.2.